The van der Waals surface area contributed by atoms with Crippen molar-refractivity contribution in [1.82, 2.24) is 4.57 Å². The van der Waals surface area contributed by atoms with E-state index in [1.165, 1.54) is 32.1 Å². The van der Waals surface area contributed by atoms with Crippen molar-refractivity contribution in [1.29, 1.82) is 0 Å². The average molecular weight is 350 g/mol. The number of carbonyl (C=O) groups excluding carboxylic acids is 1. The van der Waals surface area contributed by atoms with E-state index in [2.05, 4.69) is 5.32 Å². The zero-order valence-corrected chi connectivity index (χ0v) is 15.3. The van der Waals surface area contributed by atoms with E-state index in [4.69, 9.17) is 0 Å². The number of hydrogen-bond acceptors (Lipinski definition) is 2. The molecule has 4 aliphatic rings. The summed E-state index contributed by atoms with van der Waals surface area (Å²) in [6, 6.07) is 7.49. The Hall–Kier alpha value is -2.10. The molecule has 4 nitrogen and oxygen atoms in total. The van der Waals surface area contributed by atoms with Gasteiger partial charge in [-0.15, -0.1) is 0 Å². The minimum atomic E-state index is -0.0281. The van der Waals surface area contributed by atoms with Crippen LogP contribution in [0.3, 0.4) is 0 Å². The average Bonchev–Trinajstić information content (AvgIpc) is 2.61. The number of aryl methyl sites for hydroxylation is 1. The molecule has 136 valence electrons. The van der Waals surface area contributed by atoms with E-state index in [1.807, 2.05) is 24.3 Å². The lowest BCUT2D eigenvalue weighted by molar-refractivity contribution is -0.121. The molecule has 6 rings (SSSR count). The van der Waals surface area contributed by atoms with Gasteiger partial charge in [0.1, 0.15) is 0 Å². The summed E-state index contributed by atoms with van der Waals surface area (Å²) in [5, 5.41) is 4.59. The molecule has 0 saturated heterocycles. The molecule has 4 bridgehead atoms. The van der Waals surface area contributed by atoms with Crippen molar-refractivity contribution in [2.45, 2.75) is 38.5 Å². The summed E-state index contributed by atoms with van der Waals surface area (Å²) in [5.41, 5.74) is 0.730. The Kier molecular flexibility index (Phi) is 3.70. The molecule has 4 saturated carbocycles. The quantitative estimate of drug-likeness (QED) is 0.911. The first-order valence-electron chi connectivity index (χ1n) is 9.96. The minimum absolute atomic E-state index is 0.0281. The number of fused-ring (bicyclic) bond motifs is 1. The fourth-order valence-electron chi connectivity index (χ4n) is 6.27. The largest absolute Gasteiger partial charge is 0.326 e. The summed E-state index contributed by atoms with van der Waals surface area (Å²) in [6.07, 6.45) is 9.21. The van der Waals surface area contributed by atoms with Gasteiger partial charge in [0.15, 0.2) is 0 Å². The van der Waals surface area contributed by atoms with Gasteiger partial charge in [0, 0.05) is 36.1 Å². The Balaban J connectivity index is 1.36. The van der Waals surface area contributed by atoms with E-state index in [1.54, 1.807) is 17.8 Å². The maximum atomic E-state index is 12.8. The molecule has 1 aromatic carbocycles. The zero-order chi connectivity index (χ0) is 17.8. The first kappa shape index (κ1) is 16.1. The van der Waals surface area contributed by atoms with Crippen molar-refractivity contribution in [3.05, 3.63) is 40.8 Å². The fourth-order valence-corrected chi connectivity index (χ4v) is 6.27. The van der Waals surface area contributed by atoms with Gasteiger partial charge in [0.2, 0.25) is 5.91 Å². The molecule has 4 heteroatoms. The van der Waals surface area contributed by atoms with E-state index >= 15 is 0 Å². The van der Waals surface area contributed by atoms with Crippen LogP contribution in [0, 0.1) is 29.6 Å². The minimum Gasteiger partial charge on any atom is -0.326 e. The highest BCUT2D eigenvalue weighted by molar-refractivity contribution is 6.01. The van der Waals surface area contributed by atoms with Crippen LogP contribution < -0.4 is 10.9 Å². The molecule has 4 fully saturated rings. The number of amides is 1. The van der Waals surface area contributed by atoms with Crippen LogP contribution in [0.1, 0.15) is 38.5 Å². The Morgan fingerprint density at radius 2 is 1.73 bits per heavy atom. The van der Waals surface area contributed by atoms with Crippen molar-refractivity contribution in [2.75, 3.05) is 5.32 Å². The lowest BCUT2D eigenvalue weighted by atomic mass is 9.51. The number of hydrogen-bond donors (Lipinski definition) is 1. The molecule has 1 heterocycles. The van der Waals surface area contributed by atoms with Crippen LogP contribution in [0.2, 0.25) is 0 Å². The van der Waals surface area contributed by atoms with Crippen LogP contribution >= 0.6 is 0 Å². The predicted molar refractivity (Wildman–Crippen MR) is 103 cm³/mol. The van der Waals surface area contributed by atoms with Gasteiger partial charge in [-0.05, 0) is 79.9 Å². The number of nitrogens with one attached hydrogen (secondary N) is 1. The Morgan fingerprint density at radius 1 is 1.04 bits per heavy atom. The molecular weight excluding hydrogens is 324 g/mol. The monoisotopic (exact) mass is 350 g/mol. The van der Waals surface area contributed by atoms with Gasteiger partial charge in [0.05, 0.1) is 0 Å². The van der Waals surface area contributed by atoms with E-state index in [-0.39, 0.29) is 11.5 Å². The van der Waals surface area contributed by atoms with Gasteiger partial charge < -0.3 is 9.88 Å². The molecule has 26 heavy (non-hydrogen) atoms. The summed E-state index contributed by atoms with van der Waals surface area (Å²) in [6.45, 7) is 0. The lowest BCUT2D eigenvalue weighted by Crippen LogP contribution is -2.46. The second-order valence-corrected chi connectivity index (χ2v) is 8.85. The molecule has 4 aliphatic carbocycles. The summed E-state index contributed by atoms with van der Waals surface area (Å²) in [5.74, 6) is 4.06. The smallest absolute Gasteiger partial charge is 0.258 e. The zero-order valence-electron chi connectivity index (χ0n) is 15.3. The third-order valence-corrected chi connectivity index (χ3v) is 7.24. The highest BCUT2D eigenvalue weighted by Gasteiger charge is 2.48. The number of anilines is 1. The number of carbonyl (C=O) groups is 1. The van der Waals surface area contributed by atoms with Crippen molar-refractivity contribution >= 4 is 22.4 Å². The van der Waals surface area contributed by atoms with Gasteiger partial charge in [-0.2, -0.15) is 0 Å². The second kappa shape index (κ2) is 5.97. The first-order valence-corrected chi connectivity index (χ1v) is 9.96. The second-order valence-electron chi connectivity index (χ2n) is 8.85. The summed E-state index contributed by atoms with van der Waals surface area (Å²) in [4.78, 5) is 25.1. The van der Waals surface area contributed by atoms with E-state index < -0.39 is 0 Å². The SMILES string of the molecule is Cn1ccc2c(NC(=O)CC3C4CC5CC(C4)CC3C5)cccc2c1=O. The van der Waals surface area contributed by atoms with Crippen molar-refractivity contribution < 1.29 is 4.79 Å². The standard InChI is InChI=1S/C22H26N2O2/c1-24-6-5-17-18(22(24)26)3-2-4-20(17)23-21(25)12-19-15-8-13-7-14(10-15)11-16(19)9-13/h2-6,13-16,19H,7-12H2,1H3,(H,23,25). The Bertz CT molecular complexity index is 901. The molecule has 0 unspecified atom stereocenters. The number of pyridine rings is 1. The molecule has 0 spiro atoms. The van der Waals surface area contributed by atoms with Crippen molar-refractivity contribution in [3.63, 3.8) is 0 Å². The molecule has 2 aromatic rings. The van der Waals surface area contributed by atoms with Gasteiger partial charge in [0.25, 0.3) is 5.56 Å². The molecule has 1 aromatic heterocycles. The van der Waals surface area contributed by atoms with Gasteiger partial charge in [-0.3, -0.25) is 9.59 Å². The van der Waals surface area contributed by atoms with E-state index in [0.717, 1.165) is 34.7 Å². The molecule has 1 N–H and O–H groups in total. The van der Waals surface area contributed by atoms with Crippen LogP contribution in [0.5, 0.6) is 0 Å². The number of aromatic nitrogens is 1. The topological polar surface area (TPSA) is 51.1 Å². The number of nitrogens with zero attached hydrogens (tertiary/aromatic N) is 1. The van der Waals surface area contributed by atoms with Crippen LogP contribution in [-0.2, 0) is 11.8 Å². The third kappa shape index (κ3) is 2.58. The molecular formula is C22H26N2O2. The predicted octanol–water partition coefficient (Wildman–Crippen LogP) is 3.94. The molecule has 0 atom stereocenters. The lowest BCUT2D eigenvalue weighted by Gasteiger charge is -2.54. The molecule has 0 radical (unpaired) electrons. The van der Waals surface area contributed by atoms with Crippen molar-refractivity contribution in [2.24, 2.45) is 36.6 Å². The van der Waals surface area contributed by atoms with Gasteiger partial charge in [-0.1, -0.05) is 6.07 Å². The maximum Gasteiger partial charge on any atom is 0.258 e. The third-order valence-electron chi connectivity index (χ3n) is 7.24. The molecule has 1 amide bonds. The highest BCUT2D eigenvalue weighted by atomic mass is 16.1. The number of benzene rings is 1. The first-order chi connectivity index (χ1) is 12.6. The van der Waals surface area contributed by atoms with Crippen LogP contribution in [0.4, 0.5) is 5.69 Å². The van der Waals surface area contributed by atoms with Crippen LogP contribution in [0.25, 0.3) is 10.8 Å². The fraction of sp³-hybridized carbons (Fsp3) is 0.545. The van der Waals surface area contributed by atoms with Gasteiger partial charge in [-0.25, -0.2) is 0 Å². The number of rotatable bonds is 3. The highest BCUT2D eigenvalue weighted by Crippen LogP contribution is 2.57. The Labute approximate surface area is 153 Å². The van der Waals surface area contributed by atoms with Crippen molar-refractivity contribution in [3.8, 4) is 0 Å². The Morgan fingerprint density at radius 3 is 2.42 bits per heavy atom. The van der Waals surface area contributed by atoms with E-state index in [9.17, 15) is 9.59 Å². The van der Waals surface area contributed by atoms with Crippen LogP contribution in [0.15, 0.2) is 35.3 Å². The maximum absolute atomic E-state index is 12.8. The summed E-state index contributed by atoms with van der Waals surface area (Å²) in [7, 11) is 1.75. The summed E-state index contributed by atoms with van der Waals surface area (Å²) < 4.78 is 1.57. The molecule has 0 aliphatic heterocycles. The van der Waals surface area contributed by atoms with Crippen LogP contribution in [-0.4, -0.2) is 10.5 Å². The van der Waals surface area contributed by atoms with Gasteiger partial charge >= 0.3 is 0 Å². The summed E-state index contributed by atoms with van der Waals surface area (Å²) >= 11 is 0. The van der Waals surface area contributed by atoms with E-state index in [0.29, 0.717) is 17.7 Å². The normalized spacial score (nSPS) is 32.1.